The molecule has 0 bridgehead atoms. The Hall–Kier alpha value is -0.570. The van der Waals surface area contributed by atoms with E-state index in [-0.39, 0.29) is 11.4 Å². The van der Waals surface area contributed by atoms with Crippen LogP contribution in [-0.2, 0) is 4.79 Å². The van der Waals surface area contributed by atoms with E-state index in [1.54, 1.807) is 4.90 Å². The Morgan fingerprint density at radius 1 is 1.55 bits per heavy atom. The summed E-state index contributed by atoms with van der Waals surface area (Å²) in [6.07, 6.45) is 0.625. The zero-order valence-electron chi connectivity index (χ0n) is 7.48. The molecule has 1 heterocycles. The summed E-state index contributed by atoms with van der Waals surface area (Å²) in [5.41, 5.74) is 0.0703. The van der Waals surface area contributed by atoms with Crippen molar-refractivity contribution in [2.75, 3.05) is 20.1 Å². The molecule has 0 aliphatic carbocycles. The highest BCUT2D eigenvalue weighted by molar-refractivity contribution is 5.76. The predicted molar refractivity (Wildman–Crippen MR) is 44.3 cm³/mol. The van der Waals surface area contributed by atoms with Gasteiger partial charge in [0.05, 0.1) is 0 Å². The minimum Gasteiger partial charge on any atom is -0.344 e. The maximum Gasteiger partial charge on any atom is 0.223 e. The van der Waals surface area contributed by atoms with Crippen molar-refractivity contribution < 1.29 is 4.79 Å². The van der Waals surface area contributed by atoms with Gasteiger partial charge in [-0.2, -0.15) is 0 Å². The Kier molecular flexibility index (Phi) is 2.18. The van der Waals surface area contributed by atoms with Gasteiger partial charge >= 0.3 is 0 Å². The monoisotopic (exact) mass is 156 g/mol. The SMILES string of the molecule is CN1CC(C)(C)NCCC1=O. The molecule has 3 nitrogen and oxygen atoms in total. The molecule has 11 heavy (non-hydrogen) atoms. The fraction of sp³-hybridized carbons (Fsp3) is 0.875. The van der Waals surface area contributed by atoms with Crippen LogP contribution in [0.2, 0.25) is 0 Å². The maximum absolute atomic E-state index is 11.2. The van der Waals surface area contributed by atoms with Crippen molar-refractivity contribution in [3.8, 4) is 0 Å². The van der Waals surface area contributed by atoms with Crippen LogP contribution in [0.5, 0.6) is 0 Å². The summed E-state index contributed by atoms with van der Waals surface area (Å²) in [5.74, 6) is 0.239. The molecule has 1 aliphatic rings. The summed E-state index contributed by atoms with van der Waals surface area (Å²) in [6, 6.07) is 0. The average Bonchev–Trinajstić information content (AvgIpc) is 1.93. The third-order valence-corrected chi connectivity index (χ3v) is 2.00. The Labute approximate surface area is 67.8 Å². The van der Waals surface area contributed by atoms with E-state index >= 15 is 0 Å². The Bertz CT molecular complexity index is 165. The van der Waals surface area contributed by atoms with Crippen molar-refractivity contribution in [2.45, 2.75) is 25.8 Å². The molecule has 0 atom stereocenters. The third-order valence-electron chi connectivity index (χ3n) is 2.00. The molecule has 1 fully saturated rings. The van der Waals surface area contributed by atoms with E-state index in [4.69, 9.17) is 0 Å². The lowest BCUT2D eigenvalue weighted by Crippen LogP contribution is -2.45. The topological polar surface area (TPSA) is 32.3 Å². The zero-order chi connectivity index (χ0) is 8.48. The van der Waals surface area contributed by atoms with Crippen LogP contribution < -0.4 is 5.32 Å². The lowest BCUT2D eigenvalue weighted by molar-refractivity contribution is -0.129. The van der Waals surface area contributed by atoms with Gasteiger partial charge in [-0.1, -0.05) is 0 Å². The van der Waals surface area contributed by atoms with Crippen molar-refractivity contribution >= 4 is 5.91 Å². The highest BCUT2D eigenvalue weighted by atomic mass is 16.2. The molecule has 1 aliphatic heterocycles. The van der Waals surface area contributed by atoms with Gasteiger partial charge in [0, 0.05) is 32.1 Å². The molecule has 1 rings (SSSR count). The molecule has 1 saturated heterocycles. The van der Waals surface area contributed by atoms with Crippen LogP contribution in [0.15, 0.2) is 0 Å². The molecular weight excluding hydrogens is 140 g/mol. The van der Waals surface area contributed by atoms with Gasteiger partial charge in [-0.3, -0.25) is 4.79 Å². The van der Waals surface area contributed by atoms with Crippen LogP contribution in [0.3, 0.4) is 0 Å². The van der Waals surface area contributed by atoms with E-state index in [0.717, 1.165) is 13.1 Å². The maximum atomic E-state index is 11.2. The molecule has 1 N–H and O–H groups in total. The third kappa shape index (κ3) is 2.19. The predicted octanol–water partition coefficient (Wildman–Crippen LogP) is 0.217. The lowest BCUT2D eigenvalue weighted by atomic mass is 10.1. The number of hydrogen-bond acceptors (Lipinski definition) is 2. The second-order valence-corrected chi connectivity index (χ2v) is 3.81. The van der Waals surface area contributed by atoms with E-state index in [9.17, 15) is 4.79 Å². The number of nitrogens with zero attached hydrogens (tertiary/aromatic N) is 1. The van der Waals surface area contributed by atoms with Gasteiger partial charge in [-0.05, 0) is 13.8 Å². The number of carbonyl (C=O) groups excluding carboxylic acids is 1. The molecule has 0 aromatic heterocycles. The van der Waals surface area contributed by atoms with Crippen LogP contribution in [0.25, 0.3) is 0 Å². The van der Waals surface area contributed by atoms with E-state index in [1.807, 2.05) is 7.05 Å². The molecule has 0 spiro atoms. The second kappa shape index (κ2) is 2.81. The van der Waals surface area contributed by atoms with E-state index in [2.05, 4.69) is 19.2 Å². The van der Waals surface area contributed by atoms with Crippen LogP contribution >= 0.6 is 0 Å². The normalized spacial score (nSPS) is 25.0. The van der Waals surface area contributed by atoms with E-state index < -0.39 is 0 Å². The molecular formula is C8H16N2O. The quantitative estimate of drug-likeness (QED) is 0.544. The van der Waals surface area contributed by atoms with Crippen molar-refractivity contribution in [2.24, 2.45) is 0 Å². The smallest absolute Gasteiger partial charge is 0.223 e. The summed E-state index contributed by atoms with van der Waals surface area (Å²) >= 11 is 0. The van der Waals surface area contributed by atoms with Crippen LogP contribution in [0, 0.1) is 0 Å². The Morgan fingerprint density at radius 2 is 2.18 bits per heavy atom. The summed E-state index contributed by atoms with van der Waals surface area (Å²) in [7, 11) is 1.86. The first-order chi connectivity index (χ1) is 5.01. The van der Waals surface area contributed by atoms with Gasteiger partial charge < -0.3 is 10.2 Å². The van der Waals surface area contributed by atoms with Crippen molar-refractivity contribution in [3.63, 3.8) is 0 Å². The van der Waals surface area contributed by atoms with Crippen LogP contribution in [0.1, 0.15) is 20.3 Å². The first kappa shape index (κ1) is 8.53. The summed E-state index contributed by atoms with van der Waals surface area (Å²) in [6.45, 7) is 5.83. The van der Waals surface area contributed by atoms with Gasteiger partial charge in [0.25, 0.3) is 0 Å². The Morgan fingerprint density at radius 3 is 2.82 bits per heavy atom. The van der Waals surface area contributed by atoms with Crippen LogP contribution in [-0.4, -0.2) is 36.5 Å². The summed E-state index contributed by atoms with van der Waals surface area (Å²) < 4.78 is 0. The molecule has 64 valence electrons. The largest absolute Gasteiger partial charge is 0.344 e. The molecule has 0 radical (unpaired) electrons. The molecule has 0 aromatic carbocycles. The summed E-state index contributed by atoms with van der Waals surface area (Å²) in [4.78, 5) is 13.0. The minimum absolute atomic E-state index is 0.0703. The van der Waals surface area contributed by atoms with Gasteiger partial charge in [0.2, 0.25) is 5.91 Å². The zero-order valence-corrected chi connectivity index (χ0v) is 7.48. The number of likely N-dealkylation sites (N-methyl/N-ethyl adjacent to an activating group) is 1. The molecule has 0 unspecified atom stereocenters. The number of amides is 1. The van der Waals surface area contributed by atoms with Gasteiger partial charge in [0.1, 0.15) is 0 Å². The Balaban J connectivity index is 2.63. The highest BCUT2D eigenvalue weighted by Crippen LogP contribution is 2.08. The van der Waals surface area contributed by atoms with Crippen molar-refractivity contribution in [3.05, 3.63) is 0 Å². The first-order valence-electron chi connectivity index (χ1n) is 4.00. The molecule has 0 saturated carbocycles. The summed E-state index contributed by atoms with van der Waals surface area (Å²) in [5, 5.41) is 3.32. The first-order valence-corrected chi connectivity index (χ1v) is 4.00. The minimum atomic E-state index is 0.0703. The molecule has 3 heteroatoms. The number of nitrogens with one attached hydrogen (secondary N) is 1. The van der Waals surface area contributed by atoms with Crippen molar-refractivity contribution in [1.82, 2.24) is 10.2 Å². The highest BCUT2D eigenvalue weighted by Gasteiger charge is 2.25. The standard InChI is InChI=1S/C8H16N2O/c1-8(2)6-10(3)7(11)4-5-9-8/h9H,4-6H2,1-3H3. The molecule has 1 amide bonds. The number of carbonyl (C=O) groups is 1. The van der Waals surface area contributed by atoms with E-state index in [1.165, 1.54) is 0 Å². The van der Waals surface area contributed by atoms with Crippen LogP contribution in [0.4, 0.5) is 0 Å². The van der Waals surface area contributed by atoms with E-state index in [0.29, 0.717) is 6.42 Å². The van der Waals surface area contributed by atoms with Gasteiger partial charge in [-0.15, -0.1) is 0 Å². The van der Waals surface area contributed by atoms with Gasteiger partial charge in [0.15, 0.2) is 0 Å². The van der Waals surface area contributed by atoms with Gasteiger partial charge in [-0.25, -0.2) is 0 Å². The fourth-order valence-electron chi connectivity index (χ4n) is 1.44. The fourth-order valence-corrected chi connectivity index (χ4v) is 1.44. The van der Waals surface area contributed by atoms with Crippen molar-refractivity contribution in [1.29, 1.82) is 0 Å². The average molecular weight is 156 g/mol. The second-order valence-electron chi connectivity index (χ2n) is 3.81. The number of hydrogen-bond donors (Lipinski definition) is 1. The lowest BCUT2D eigenvalue weighted by Gasteiger charge is -2.27. The number of rotatable bonds is 0. The molecule has 0 aromatic rings.